The van der Waals surface area contributed by atoms with Gasteiger partial charge in [0.1, 0.15) is 0 Å². The Morgan fingerprint density at radius 2 is 2.19 bits per heavy atom. The standard InChI is InChI=1S/C13H23NO2/c1-2-14(5-6-15)13(16)9-12-8-10-3-4-11(12)7-10/h10-12,15H,2-9H2,1H3. The maximum Gasteiger partial charge on any atom is 0.222 e. The lowest BCUT2D eigenvalue weighted by Gasteiger charge is -2.25. The number of nitrogens with zero attached hydrogens (tertiary/aromatic N) is 1. The third-order valence-electron chi connectivity index (χ3n) is 4.43. The predicted octanol–water partition coefficient (Wildman–Crippen LogP) is 1.65. The van der Waals surface area contributed by atoms with E-state index in [-0.39, 0.29) is 12.5 Å². The minimum atomic E-state index is 0.0797. The summed E-state index contributed by atoms with van der Waals surface area (Å²) in [5.74, 6) is 2.62. The van der Waals surface area contributed by atoms with Crippen molar-refractivity contribution in [1.29, 1.82) is 0 Å². The van der Waals surface area contributed by atoms with Gasteiger partial charge in [-0.15, -0.1) is 0 Å². The average molecular weight is 225 g/mol. The molecule has 92 valence electrons. The summed E-state index contributed by atoms with van der Waals surface area (Å²) < 4.78 is 0. The van der Waals surface area contributed by atoms with Gasteiger partial charge in [-0.05, 0) is 43.9 Å². The van der Waals surface area contributed by atoms with Crippen molar-refractivity contribution in [3.05, 3.63) is 0 Å². The molecule has 0 heterocycles. The topological polar surface area (TPSA) is 40.5 Å². The Bertz CT molecular complexity index is 254. The Morgan fingerprint density at radius 1 is 1.38 bits per heavy atom. The van der Waals surface area contributed by atoms with Gasteiger partial charge in [-0.25, -0.2) is 0 Å². The Kier molecular flexibility index (Phi) is 3.85. The third kappa shape index (κ3) is 2.40. The van der Waals surface area contributed by atoms with Crippen molar-refractivity contribution in [2.24, 2.45) is 17.8 Å². The summed E-state index contributed by atoms with van der Waals surface area (Å²) in [6.45, 7) is 3.28. The van der Waals surface area contributed by atoms with Crippen molar-refractivity contribution < 1.29 is 9.90 Å². The largest absolute Gasteiger partial charge is 0.395 e. The van der Waals surface area contributed by atoms with E-state index in [2.05, 4.69) is 0 Å². The van der Waals surface area contributed by atoms with E-state index < -0.39 is 0 Å². The fourth-order valence-electron chi connectivity index (χ4n) is 3.56. The van der Waals surface area contributed by atoms with Gasteiger partial charge in [0.2, 0.25) is 5.91 Å². The summed E-state index contributed by atoms with van der Waals surface area (Å²) in [4.78, 5) is 13.8. The molecule has 2 saturated carbocycles. The highest BCUT2D eigenvalue weighted by Crippen LogP contribution is 2.49. The highest BCUT2D eigenvalue weighted by atomic mass is 16.3. The number of carbonyl (C=O) groups excluding carboxylic acids is 1. The Morgan fingerprint density at radius 3 is 2.69 bits per heavy atom. The van der Waals surface area contributed by atoms with Gasteiger partial charge >= 0.3 is 0 Å². The van der Waals surface area contributed by atoms with E-state index in [9.17, 15) is 4.79 Å². The van der Waals surface area contributed by atoms with Gasteiger partial charge in [0.05, 0.1) is 6.61 Å². The van der Waals surface area contributed by atoms with E-state index >= 15 is 0 Å². The number of fused-ring (bicyclic) bond motifs is 2. The van der Waals surface area contributed by atoms with Gasteiger partial charge < -0.3 is 10.0 Å². The van der Waals surface area contributed by atoms with Gasteiger partial charge in [-0.2, -0.15) is 0 Å². The SMILES string of the molecule is CCN(CCO)C(=O)CC1CC2CCC1C2. The second-order valence-corrected chi connectivity index (χ2v) is 5.34. The Labute approximate surface area is 97.8 Å². The second kappa shape index (κ2) is 5.17. The fourth-order valence-corrected chi connectivity index (χ4v) is 3.56. The quantitative estimate of drug-likeness (QED) is 0.773. The van der Waals surface area contributed by atoms with Crippen LogP contribution in [0.15, 0.2) is 0 Å². The van der Waals surface area contributed by atoms with Crippen molar-refractivity contribution in [2.45, 2.75) is 39.0 Å². The average Bonchev–Trinajstić information content (AvgIpc) is 2.87. The van der Waals surface area contributed by atoms with Crippen LogP contribution in [0, 0.1) is 17.8 Å². The van der Waals surface area contributed by atoms with Crippen LogP contribution in [0.3, 0.4) is 0 Å². The first-order chi connectivity index (χ1) is 7.74. The van der Waals surface area contributed by atoms with Crippen LogP contribution in [-0.4, -0.2) is 35.6 Å². The minimum absolute atomic E-state index is 0.0797. The molecule has 0 radical (unpaired) electrons. The summed E-state index contributed by atoms with van der Waals surface area (Å²) in [5.41, 5.74) is 0. The van der Waals surface area contributed by atoms with Crippen molar-refractivity contribution in [1.82, 2.24) is 4.90 Å². The summed E-state index contributed by atoms with van der Waals surface area (Å²) in [7, 11) is 0. The highest BCUT2D eigenvalue weighted by molar-refractivity contribution is 5.76. The van der Waals surface area contributed by atoms with Crippen LogP contribution in [-0.2, 0) is 4.79 Å². The molecule has 2 aliphatic carbocycles. The molecule has 0 aliphatic heterocycles. The Balaban J connectivity index is 1.82. The van der Waals surface area contributed by atoms with E-state index in [0.29, 0.717) is 12.5 Å². The van der Waals surface area contributed by atoms with E-state index in [0.717, 1.165) is 24.8 Å². The molecule has 0 saturated heterocycles. The normalized spacial score (nSPS) is 32.0. The van der Waals surface area contributed by atoms with Gasteiger partial charge in [-0.1, -0.05) is 6.42 Å². The molecule has 1 N–H and O–H groups in total. The van der Waals surface area contributed by atoms with Crippen LogP contribution < -0.4 is 0 Å². The molecule has 2 aliphatic rings. The zero-order chi connectivity index (χ0) is 11.5. The van der Waals surface area contributed by atoms with Crippen LogP contribution in [0.2, 0.25) is 0 Å². The van der Waals surface area contributed by atoms with Gasteiger partial charge in [0.15, 0.2) is 0 Å². The lowest BCUT2D eigenvalue weighted by Crippen LogP contribution is -2.35. The van der Waals surface area contributed by atoms with Crippen LogP contribution in [0.1, 0.15) is 39.0 Å². The third-order valence-corrected chi connectivity index (χ3v) is 4.43. The summed E-state index contributed by atoms with van der Waals surface area (Å²) >= 11 is 0. The molecule has 2 bridgehead atoms. The molecule has 0 aromatic carbocycles. The monoisotopic (exact) mass is 225 g/mol. The first-order valence-electron chi connectivity index (χ1n) is 6.63. The molecular weight excluding hydrogens is 202 g/mol. The molecule has 2 rings (SSSR count). The summed E-state index contributed by atoms with van der Waals surface area (Å²) in [5, 5.41) is 8.89. The first kappa shape index (κ1) is 11.9. The molecule has 3 nitrogen and oxygen atoms in total. The van der Waals surface area contributed by atoms with Crippen molar-refractivity contribution >= 4 is 5.91 Å². The van der Waals surface area contributed by atoms with E-state index in [1.165, 1.54) is 25.7 Å². The molecule has 0 aromatic rings. The number of amides is 1. The van der Waals surface area contributed by atoms with E-state index in [1.54, 1.807) is 4.90 Å². The summed E-state index contributed by atoms with van der Waals surface area (Å²) in [6, 6.07) is 0. The number of rotatable bonds is 5. The predicted molar refractivity (Wildman–Crippen MR) is 62.9 cm³/mol. The van der Waals surface area contributed by atoms with Crippen LogP contribution >= 0.6 is 0 Å². The zero-order valence-corrected chi connectivity index (χ0v) is 10.2. The molecular formula is C13H23NO2. The molecule has 16 heavy (non-hydrogen) atoms. The Hall–Kier alpha value is -0.570. The second-order valence-electron chi connectivity index (χ2n) is 5.34. The number of aliphatic hydroxyl groups excluding tert-OH is 1. The highest BCUT2D eigenvalue weighted by Gasteiger charge is 2.40. The number of hydrogen-bond donors (Lipinski definition) is 1. The number of hydrogen-bond acceptors (Lipinski definition) is 2. The number of carbonyl (C=O) groups is 1. The lowest BCUT2D eigenvalue weighted by atomic mass is 9.86. The van der Waals surface area contributed by atoms with Crippen molar-refractivity contribution in [2.75, 3.05) is 19.7 Å². The van der Waals surface area contributed by atoms with Crippen molar-refractivity contribution in [3.8, 4) is 0 Å². The molecule has 1 amide bonds. The van der Waals surface area contributed by atoms with E-state index in [4.69, 9.17) is 5.11 Å². The fraction of sp³-hybridized carbons (Fsp3) is 0.923. The smallest absolute Gasteiger partial charge is 0.222 e. The van der Waals surface area contributed by atoms with Crippen LogP contribution in [0.25, 0.3) is 0 Å². The molecule has 2 fully saturated rings. The zero-order valence-electron chi connectivity index (χ0n) is 10.2. The first-order valence-corrected chi connectivity index (χ1v) is 6.63. The van der Waals surface area contributed by atoms with Crippen LogP contribution in [0.5, 0.6) is 0 Å². The molecule has 3 atom stereocenters. The maximum atomic E-state index is 12.0. The lowest BCUT2D eigenvalue weighted by molar-refractivity contribution is -0.132. The molecule has 0 spiro atoms. The van der Waals surface area contributed by atoms with Gasteiger partial charge in [0.25, 0.3) is 0 Å². The number of likely N-dealkylation sites (N-methyl/N-ethyl adjacent to an activating group) is 1. The van der Waals surface area contributed by atoms with Gasteiger partial charge in [-0.3, -0.25) is 4.79 Å². The maximum absolute atomic E-state index is 12.0. The van der Waals surface area contributed by atoms with Crippen LogP contribution in [0.4, 0.5) is 0 Å². The molecule has 3 heteroatoms. The number of aliphatic hydroxyl groups is 1. The minimum Gasteiger partial charge on any atom is -0.395 e. The van der Waals surface area contributed by atoms with E-state index in [1.807, 2.05) is 6.92 Å². The molecule has 0 aromatic heterocycles. The molecule has 3 unspecified atom stereocenters. The summed E-state index contributed by atoms with van der Waals surface area (Å²) in [6.07, 6.45) is 6.09. The van der Waals surface area contributed by atoms with Gasteiger partial charge in [0, 0.05) is 19.5 Å². The van der Waals surface area contributed by atoms with Crippen molar-refractivity contribution in [3.63, 3.8) is 0 Å².